The van der Waals surface area contributed by atoms with Crippen molar-refractivity contribution >= 4 is 10.0 Å². The number of sulfonamides is 1. The van der Waals surface area contributed by atoms with E-state index in [1.807, 2.05) is 13.8 Å². The van der Waals surface area contributed by atoms with Crippen LogP contribution >= 0.6 is 0 Å². The summed E-state index contributed by atoms with van der Waals surface area (Å²) >= 11 is 0. The Morgan fingerprint density at radius 3 is 2.30 bits per heavy atom. The van der Waals surface area contributed by atoms with Crippen molar-refractivity contribution in [3.63, 3.8) is 0 Å². The number of methoxy groups -OCH3 is 1. The van der Waals surface area contributed by atoms with E-state index in [0.29, 0.717) is 18.3 Å². The maximum absolute atomic E-state index is 12.2. The van der Waals surface area contributed by atoms with Crippen LogP contribution in [0.5, 0.6) is 5.75 Å². The number of hydrogen-bond donors (Lipinski definition) is 2. The van der Waals surface area contributed by atoms with Gasteiger partial charge in [0.2, 0.25) is 10.0 Å². The van der Waals surface area contributed by atoms with Crippen molar-refractivity contribution in [2.45, 2.75) is 51.2 Å². The van der Waals surface area contributed by atoms with Crippen LogP contribution in [0.15, 0.2) is 23.1 Å². The minimum atomic E-state index is -3.48. The lowest BCUT2D eigenvalue weighted by molar-refractivity contribution is 0.406. The third-order valence-corrected chi connectivity index (χ3v) is 4.31. The van der Waals surface area contributed by atoms with Crippen molar-refractivity contribution in [2.24, 2.45) is 0 Å². The molecule has 0 aromatic heterocycles. The molecule has 2 N–H and O–H groups in total. The standard InChI is InChI=1S/C14H24N2O3S/c1-10(2)15-9-12-8-13(6-7-14(12)19-5)20(17,18)16-11(3)4/h6-8,10-11,15-16H,9H2,1-5H3. The smallest absolute Gasteiger partial charge is 0.240 e. The van der Waals surface area contributed by atoms with Crippen LogP contribution in [0.4, 0.5) is 0 Å². The normalized spacial score (nSPS) is 12.2. The van der Waals surface area contributed by atoms with Gasteiger partial charge in [-0.2, -0.15) is 0 Å². The summed E-state index contributed by atoms with van der Waals surface area (Å²) in [5.74, 6) is 0.682. The number of benzene rings is 1. The quantitative estimate of drug-likeness (QED) is 0.807. The zero-order valence-corrected chi connectivity index (χ0v) is 13.5. The summed E-state index contributed by atoms with van der Waals surface area (Å²) in [5, 5.41) is 3.26. The van der Waals surface area contributed by atoms with Gasteiger partial charge in [0.25, 0.3) is 0 Å². The highest BCUT2D eigenvalue weighted by Gasteiger charge is 2.17. The molecule has 0 aliphatic heterocycles. The summed E-state index contributed by atoms with van der Waals surface area (Å²) in [5.41, 5.74) is 0.827. The first kappa shape index (κ1) is 16.9. The topological polar surface area (TPSA) is 67.4 Å². The third-order valence-electron chi connectivity index (χ3n) is 2.65. The number of nitrogens with one attached hydrogen (secondary N) is 2. The SMILES string of the molecule is COc1ccc(S(=O)(=O)NC(C)C)cc1CNC(C)C. The molecule has 5 nitrogen and oxygen atoms in total. The molecule has 0 fully saturated rings. The van der Waals surface area contributed by atoms with Crippen molar-refractivity contribution in [1.82, 2.24) is 10.0 Å². The predicted molar refractivity (Wildman–Crippen MR) is 80.4 cm³/mol. The molecule has 0 unspecified atom stereocenters. The van der Waals surface area contributed by atoms with Crippen LogP contribution in [-0.4, -0.2) is 27.6 Å². The lowest BCUT2D eigenvalue weighted by atomic mass is 10.2. The van der Waals surface area contributed by atoms with Gasteiger partial charge in [0, 0.05) is 24.2 Å². The number of ether oxygens (including phenoxy) is 1. The number of rotatable bonds is 7. The maximum atomic E-state index is 12.2. The second-order valence-electron chi connectivity index (χ2n) is 5.29. The molecule has 1 aromatic carbocycles. The van der Waals surface area contributed by atoms with Gasteiger partial charge in [-0.3, -0.25) is 0 Å². The lowest BCUT2D eigenvalue weighted by Gasteiger charge is -2.15. The van der Waals surface area contributed by atoms with E-state index in [4.69, 9.17) is 4.74 Å². The highest BCUT2D eigenvalue weighted by atomic mass is 32.2. The first-order valence-electron chi connectivity index (χ1n) is 6.69. The molecule has 1 aromatic rings. The van der Waals surface area contributed by atoms with Gasteiger partial charge in [-0.1, -0.05) is 13.8 Å². The van der Waals surface area contributed by atoms with Crippen molar-refractivity contribution in [3.8, 4) is 5.75 Å². The summed E-state index contributed by atoms with van der Waals surface area (Å²) in [6.45, 7) is 8.22. The van der Waals surface area contributed by atoms with Gasteiger partial charge in [-0.05, 0) is 32.0 Å². The molecule has 0 aliphatic rings. The lowest BCUT2D eigenvalue weighted by Crippen LogP contribution is -2.30. The van der Waals surface area contributed by atoms with Crippen LogP contribution in [0, 0.1) is 0 Å². The minimum absolute atomic E-state index is 0.139. The van der Waals surface area contributed by atoms with E-state index in [9.17, 15) is 8.42 Å². The molecule has 0 aliphatic carbocycles. The molecule has 0 saturated carbocycles. The van der Waals surface area contributed by atoms with E-state index < -0.39 is 10.0 Å². The largest absolute Gasteiger partial charge is 0.496 e. The third kappa shape index (κ3) is 4.77. The molecule has 0 amide bonds. The Bertz CT molecular complexity index is 539. The fourth-order valence-electron chi connectivity index (χ4n) is 1.75. The van der Waals surface area contributed by atoms with E-state index in [2.05, 4.69) is 10.0 Å². The van der Waals surface area contributed by atoms with Gasteiger partial charge >= 0.3 is 0 Å². The molecule has 0 atom stereocenters. The summed E-state index contributed by atoms with van der Waals surface area (Å²) < 4.78 is 32.2. The maximum Gasteiger partial charge on any atom is 0.240 e. The van der Waals surface area contributed by atoms with E-state index in [0.717, 1.165) is 5.56 Å². The molecule has 1 rings (SSSR count). The molecule has 0 heterocycles. The zero-order chi connectivity index (χ0) is 15.3. The molecular formula is C14H24N2O3S. The Balaban J connectivity index is 3.08. The zero-order valence-electron chi connectivity index (χ0n) is 12.7. The predicted octanol–water partition coefficient (Wildman–Crippen LogP) is 1.88. The minimum Gasteiger partial charge on any atom is -0.496 e. The Morgan fingerprint density at radius 1 is 1.15 bits per heavy atom. The molecule has 0 radical (unpaired) electrons. The van der Waals surface area contributed by atoms with Gasteiger partial charge in [-0.15, -0.1) is 0 Å². The Morgan fingerprint density at radius 2 is 1.80 bits per heavy atom. The van der Waals surface area contributed by atoms with Gasteiger partial charge < -0.3 is 10.1 Å². The first-order valence-corrected chi connectivity index (χ1v) is 8.17. The van der Waals surface area contributed by atoms with Gasteiger partial charge in [-0.25, -0.2) is 13.1 Å². The van der Waals surface area contributed by atoms with E-state index >= 15 is 0 Å². The molecule has 0 spiro atoms. The Hall–Kier alpha value is -1.11. The summed E-state index contributed by atoms with van der Waals surface area (Å²) in [6, 6.07) is 5.07. The van der Waals surface area contributed by atoms with Gasteiger partial charge in [0.1, 0.15) is 5.75 Å². The summed E-state index contributed by atoms with van der Waals surface area (Å²) in [7, 11) is -1.90. The highest BCUT2D eigenvalue weighted by Crippen LogP contribution is 2.22. The number of hydrogen-bond acceptors (Lipinski definition) is 4. The molecule has 6 heteroatoms. The van der Waals surface area contributed by atoms with Crippen molar-refractivity contribution in [3.05, 3.63) is 23.8 Å². The van der Waals surface area contributed by atoms with E-state index in [1.165, 1.54) is 0 Å². The average molecular weight is 300 g/mol. The van der Waals surface area contributed by atoms with E-state index in [-0.39, 0.29) is 10.9 Å². The first-order chi connectivity index (χ1) is 9.26. The van der Waals surface area contributed by atoms with Crippen molar-refractivity contribution < 1.29 is 13.2 Å². The molecule has 0 saturated heterocycles. The monoisotopic (exact) mass is 300 g/mol. The van der Waals surface area contributed by atoms with Crippen LogP contribution in [0.25, 0.3) is 0 Å². The fourth-order valence-corrected chi connectivity index (χ4v) is 3.05. The van der Waals surface area contributed by atoms with Gasteiger partial charge in [0.05, 0.1) is 12.0 Å². The molecule has 20 heavy (non-hydrogen) atoms. The average Bonchev–Trinajstić information content (AvgIpc) is 2.34. The van der Waals surface area contributed by atoms with Gasteiger partial charge in [0.15, 0.2) is 0 Å². The Labute approximate surface area is 121 Å². The second kappa shape index (κ2) is 7.06. The van der Waals surface area contributed by atoms with Crippen molar-refractivity contribution in [1.29, 1.82) is 0 Å². The van der Waals surface area contributed by atoms with Crippen LogP contribution in [0.1, 0.15) is 33.3 Å². The molecule has 114 valence electrons. The van der Waals surface area contributed by atoms with Crippen LogP contribution in [-0.2, 0) is 16.6 Å². The Kier molecular flexibility index (Phi) is 5.98. The molecular weight excluding hydrogens is 276 g/mol. The summed E-state index contributed by atoms with van der Waals surface area (Å²) in [4.78, 5) is 0.257. The fraction of sp³-hybridized carbons (Fsp3) is 0.571. The van der Waals surface area contributed by atoms with Crippen LogP contribution in [0.3, 0.4) is 0 Å². The van der Waals surface area contributed by atoms with Crippen molar-refractivity contribution in [2.75, 3.05) is 7.11 Å². The van der Waals surface area contributed by atoms with E-state index in [1.54, 1.807) is 39.2 Å². The van der Waals surface area contributed by atoms with Crippen LogP contribution < -0.4 is 14.8 Å². The van der Waals surface area contributed by atoms with Crippen LogP contribution in [0.2, 0.25) is 0 Å². The second-order valence-corrected chi connectivity index (χ2v) is 7.00. The summed E-state index contributed by atoms with van der Waals surface area (Å²) in [6.07, 6.45) is 0. The molecule has 0 bridgehead atoms. The highest BCUT2D eigenvalue weighted by molar-refractivity contribution is 7.89.